The van der Waals surface area contributed by atoms with Crippen LogP contribution in [0.15, 0.2) is 60.7 Å². The summed E-state index contributed by atoms with van der Waals surface area (Å²) in [6.07, 6.45) is 5.01. The Hall–Kier alpha value is -1.64. The molecule has 23 heavy (non-hydrogen) atoms. The number of rotatable bonds is 7. The van der Waals surface area contributed by atoms with Crippen molar-refractivity contribution in [1.82, 2.24) is 5.32 Å². The van der Waals surface area contributed by atoms with E-state index in [1.807, 2.05) is 0 Å². The standard InChI is InChI=1S/C21H28N2/c22-16-19-12-7-13-21(19)23-15-14-20(17-8-3-1-4-9-17)18-10-5-2-6-11-18/h1-6,8-11,19-21,23H,7,12-16,22H2. The SMILES string of the molecule is NCC1CCCC1NCCC(c1ccccc1)c1ccccc1. The lowest BCUT2D eigenvalue weighted by Gasteiger charge is -2.23. The number of nitrogens with one attached hydrogen (secondary N) is 1. The van der Waals surface area contributed by atoms with Gasteiger partial charge < -0.3 is 11.1 Å². The van der Waals surface area contributed by atoms with Gasteiger partial charge in [-0.2, -0.15) is 0 Å². The molecule has 0 bridgehead atoms. The summed E-state index contributed by atoms with van der Waals surface area (Å²) in [4.78, 5) is 0. The van der Waals surface area contributed by atoms with Gasteiger partial charge in [0.05, 0.1) is 0 Å². The van der Waals surface area contributed by atoms with E-state index in [0.717, 1.165) is 19.5 Å². The highest BCUT2D eigenvalue weighted by Crippen LogP contribution is 2.28. The summed E-state index contributed by atoms with van der Waals surface area (Å²) in [5.41, 5.74) is 8.71. The smallest absolute Gasteiger partial charge is 0.0107 e. The lowest BCUT2D eigenvalue weighted by atomic mass is 9.88. The van der Waals surface area contributed by atoms with Crippen LogP contribution >= 0.6 is 0 Å². The number of benzene rings is 2. The summed E-state index contributed by atoms with van der Waals surface area (Å²) in [7, 11) is 0. The van der Waals surface area contributed by atoms with Gasteiger partial charge in [0.1, 0.15) is 0 Å². The Morgan fingerprint density at radius 1 is 0.913 bits per heavy atom. The average molecular weight is 308 g/mol. The van der Waals surface area contributed by atoms with Crippen molar-refractivity contribution >= 4 is 0 Å². The van der Waals surface area contributed by atoms with Crippen LogP contribution in [-0.2, 0) is 0 Å². The Balaban J connectivity index is 1.65. The van der Waals surface area contributed by atoms with Gasteiger partial charge in [0.2, 0.25) is 0 Å². The van der Waals surface area contributed by atoms with Gasteiger partial charge in [0, 0.05) is 12.0 Å². The fraction of sp³-hybridized carbons (Fsp3) is 0.429. The summed E-state index contributed by atoms with van der Waals surface area (Å²) in [5, 5.41) is 3.77. The Labute approximate surface area is 140 Å². The third-order valence-electron chi connectivity index (χ3n) is 5.21. The van der Waals surface area contributed by atoms with E-state index >= 15 is 0 Å². The maximum atomic E-state index is 5.90. The lowest BCUT2D eigenvalue weighted by Crippen LogP contribution is -2.36. The molecule has 1 fully saturated rings. The highest BCUT2D eigenvalue weighted by atomic mass is 14.9. The predicted octanol–water partition coefficient (Wildman–Crippen LogP) is 3.93. The molecule has 0 amide bonds. The molecule has 1 aliphatic rings. The summed E-state index contributed by atoms with van der Waals surface area (Å²) >= 11 is 0. The lowest BCUT2D eigenvalue weighted by molar-refractivity contribution is 0.402. The average Bonchev–Trinajstić information content (AvgIpc) is 3.08. The zero-order valence-electron chi connectivity index (χ0n) is 13.8. The minimum Gasteiger partial charge on any atom is -0.330 e. The van der Waals surface area contributed by atoms with Crippen molar-refractivity contribution in [3.05, 3.63) is 71.8 Å². The molecule has 0 saturated heterocycles. The van der Waals surface area contributed by atoms with Crippen LogP contribution in [0.1, 0.15) is 42.7 Å². The van der Waals surface area contributed by atoms with Crippen molar-refractivity contribution in [2.75, 3.05) is 13.1 Å². The molecule has 2 atom stereocenters. The van der Waals surface area contributed by atoms with E-state index in [1.165, 1.54) is 30.4 Å². The van der Waals surface area contributed by atoms with Crippen molar-refractivity contribution in [3.63, 3.8) is 0 Å². The first kappa shape index (κ1) is 16.2. The largest absolute Gasteiger partial charge is 0.330 e. The van der Waals surface area contributed by atoms with Crippen LogP contribution in [0.5, 0.6) is 0 Å². The predicted molar refractivity (Wildman–Crippen MR) is 97.5 cm³/mol. The molecule has 0 radical (unpaired) electrons. The van der Waals surface area contributed by atoms with Gasteiger partial charge in [-0.3, -0.25) is 0 Å². The van der Waals surface area contributed by atoms with E-state index in [-0.39, 0.29) is 0 Å². The number of hydrogen-bond donors (Lipinski definition) is 2. The summed E-state index contributed by atoms with van der Waals surface area (Å²) in [6, 6.07) is 22.3. The molecule has 3 N–H and O–H groups in total. The van der Waals surface area contributed by atoms with Crippen molar-refractivity contribution in [2.45, 2.75) is 37.6 Å². The van der Waals surface area contributed by atoms with Gasteiger partial charge in [-0.05, 0) is 49.4 Å². The van der Waals surface area contributed by atoms with E-state index < -0.39 is 0 Å². The molecular weight excluding hydrogens is 280 g/mol. The molecule has 2 unspecified atom stereocenters. The normalized spacial score (nSPS) is 21.0. The Bertz CT molecular complexity index is 527. The van der Waals surface area contributed by atoms with Crippen LogP contribution in [-0.4, -0.2) is 19.1 Å². The fourth-order valence-corrected chi connectivity index (χ4v) is 3.90. The molecule has 0 spiro atoms. The monoisotopic (exact) mass is 308 g/mol. The van der Waals surface area contributed by atoms with Gasteiger partial charge in [0.25, 0.3) is 0 Å². The van der Waals surface area contributed by atoms with E-state index in [4.69, 9.17) is 5.73 Å². The van der Waals surface area contributed by atoms with E-state index in [1.54, 1.807) is 0 Å². The van der Waals surface area contributed by atoms with Crippen LogP contribution < -0.4 is 11.1 Å². The van der Waals surface area contributed by atoms with Crippen LogP contribution in [0, 0.1) is 5.92 Å². The van der Waals surface area contributed by atoms with E-state index in [9.17, 15) is 0 Å². The minimum atomic E-state index is 0.461. The van der Waals surface area contributed by atoms with Crippen molar-refractivity contribution in [1.29, 1.82) is 0 Å². The molecular formula is C21H28N2. The molecule has 0 heterocycles. The molecule has 2 aromatic carbocycles. The molecule has 1 aliphatic carbocycles. The second kappa shape index (κ2) is 8.28. The highest BCUT2D eigenvalue weighted by Gasteiger charge is 2.25. The van der Waals surface area contributed by atoms with Crippen molar-refractivity contribution < 1.29 is 0 Å². The fourth-order valence-electron chi connectivity index (χ4n) is 3.90. The molecule has 2 heteroatoms. The quantitative estimate of drug-likeness (QED) is 0.813. The molecule has 3 rings (SSSR count). The third kappa shape index (κ3) is 4.21. The number of nitrogens with two attached hydrogens (primary N) is 1. The number of hydrogen-bond acceptors (Lipinski definition) is 2. The van der Waals surface area contributed by atoms with Crippen LogP contribution in [0.4, 0.5) is 0 Å². The first-order valence-electron chi connectivity index (χ1n) is 8.92. The van der Waals surface area contributed by atoms with E-state index in [2.05, 4.69) is 66.0 Å². The molecule has 122 valence electrons. The first-order chi connectivity index (χ1) is 11.4. The van der Waals surface area contributed by atoms with Crippen LogP contribution in [0.2, 0.25) is 0 Å². The molecule has 1 saturated carbocycles. The molecule has 2 nitrogen and oxygen atoms in total. The van der Waals surface area contributed by atoms with Gasteiger partial charge in [-0.1, -0.05) is 67.1 Å². The second-order valence-electron chi connectivity index (χ2n) is 6.65. The molecule has 0 aromatic heterocycles. The molecule has 2 aromatic rings. The summed E-state index contributed by atoms with van der Waals surface area (Å²) in [6.45, 7) is 1.87. The maximum absolute atomic E-state index is 5.90. The zero-order chi connectivity index (χ0) is 15.9. The Morgan fingerprint density at radius 3 is 2.09 bits per heavy atom. The second-order valence-corrected chi connectivity index (χ2v) is 6.65. The molecule has 0 aliphatic heterocycles. The first-order valence-corrected chi connectivity index (χ1v) is 8.92. The Kier molecular flexibility index (Phi) is 5.84. The van der Waals surface area contributed by atoms with Gasteiger partial charge >= 0.3 is 0 Å². The maximum Gasteiger partial charge on any atom is 0.0107 e. The van der Waals surface area contributed by atoms with Gasteiger partial charge in [0.15, 0.2) is 0 Å². The minimum absolute atomic E-state index is 0.461. The van der Waals surface area contributed by atoms with Gasteiger partial charge in [-0.25, -0.2) is 0 Å². The van der Waals surface area contributed by atoms with Gasteiger partial charge in [-0.15, -0.1) is 0 Å². The highest BCUT2D eigenvalue weighted by molar-refractivity contribution is 5.32. The third-order valence-corrected chi connectivity index (χ3v) is 5.21. The van der Waals surface area contributed by atoms with Crippen LogP contribution in [0.25, 0.3) is 0 Å². The van der Waals surface area contributed by atoms with Crippen molar-refractivity contribution in [3.8, 4) is 0 Å². The van der Waals surface area contributed by atoms with E-state index in [0.29, 0.717) is 17.9 Å². The summed E-state index contributed by atoms with van der Waals surface area (Å²) in [5.74, 6) is 1.13. The van der Waals surface area contributed by atoms with Crippen molar-refractivity contribution in [2.24, 2.45) is 11.7 Å². The zero-order valence-corrected chi connectivity index (χ0v) is 13.8. The summed E-state index contributed by atoms with van der Waals surface area (Å²) < 4.78 is 0. The topological polar surface area (TPSA) is 38.0 Å². The van der Waals surface area contributed by atoms with Crippen LogP contribution in [0.3, 0.4) is 0 Å². The Morgan fingerprint density at radius 2 is 1.52 bits per heavy atom.